The molecular weight excluding hydrogens is 635 g/mol. The summed E-state index contributed by atoms with van der Waals surface area (Å²) >= 11 is 3.63. The van der Waals surface area contributed by atoms with E-state index in [1.54, 1.807) is 19.1 Å². The number of methoxy groups -OCH3 is 2. The number of amidine groups is 1. The van der Waals surface area contributed by atoms with Gasteiger partial charge in [-0.3, -0.25) is 9.69 Å². The summed E-state index contributed by atoms with van der Waals surface area (Å²) in [4.78, 5) is 20.5. The van der Waals surface area contributed by atoms with E-state index in [2.05, 4.69) is 52.9 Å². The summed E-state index contributed by atoms with van der Waals surface area (Å²) in [5, 5.41) is 3.04. The number of thioether (sulfide) groups is 1. The molecule has 0 saturated carbocycles. The number of carbonyl (C=O) groups is 1. The summed E-state index contributed by atoms with van der Waals surface area (Å²) in [5.41, 5.74) is 2.74. The largest absolute Gasteiger partial charge is 0.493 e. The molecule has 6 nitrogen and oxygen atoms in total. The number of fused-ring (bicyclic) bond motifs is 1. The van der Waals surface area contributed by atoms with Crippen molar-refractivity contribution in [1.29, 1.82) is 0 Å². The Bertz CT molecular complexity index is 1570. The lowest BCUT2D eigenvalue weighted by Crippen LogP contribution is -2.30. The van der Waals surface area contributed by atoms with Crippen LogP contribution in [0.5, 0.6) is 11.5 Å². The van der Waals surface area contributed by atoms with Gasteiger partial charge in [0.15, 0.2) is 16.7 Å². The first-order valence-corrected chi connectivity index (χ1v) is 14.8. The Morgan fingerprint density at radius 2 is 1.73 bits per heavy atom. The molecule has 204 valence electrons. The van der Waals surface area contributed by atoms with Gasteiger partial charge in [-0.15, -0.1) is 0 Å². The van der Waals surface area contributed by atoms with Crippen LogP contribution in [-0.4, -0.2) is 43.3 Å². The van der Waals surface area contributed by atoms with E-state index in [1.165, 1.54) is 22.5 Å². The predicted octanol–water partition coefficient (Wildman–Crippen LogP) is 7.67. The van der Waals surface area contributed by atoms with Gasteiger partial charge in [0.05, 0.1) is 21.3 Å². The Morgan fingerprint density at radius 3 is 2.50 bits per heavy atom. The summed E-state index contributed by atoms with van der Waals surface area (Å²) in [6.45, 7) is 1.52. The number of para-hydroxylation sites is 1. The van der Waals surface area contributed by atoms with E-state index in [9.17, 15) is 4.79 Å². The number of benzene rings is 4. The van der Waals surface area contributed by atoms with E-state index >= 15 is 0 Å². The Kier molecular flexibility index (Phi) is 9.41. The van der Waals surface area contributed by atoms with E-state index in [0.717, 1.165) is 26.8 Å². The van der Waals surface area contributed by atoms with Crippen LogP contribution < -0.4 is 9.47 Å². The first-order chi connectivity index (χ1) is 19.6. The van der Waals surface area contributed by atoms with Gasteiger partial charge in [-0.25, -0.2) is 4.99 Å². The third-order valence-corrected chi connectivity index (χ3v) is 8.15. The summed E-state index contributed by atoms with van der Waals surface area (Å²) in [6, 6.07) is 28.2. The first kappa shape index (κ1) is 28.2. The van der Waals surface area contributed by atoms with Gasteiger partial charge >= 0.3 is 0 Å². The molecule has 1 fully saturated rings. The molecule has 0 bridgehead atoms. The maximum Gasteiger partial charge on any atom is 0.266 e. The number of hydrogen-bond donors (Lipinski definition) is 0. The second-order valence-electron chi connectivity index (χ2n) is 9.15. The molecule has 0 aromatic heterocycles. The fourth-order valence-electron chi connectivity index (χ4n) is 4.37. The SMILES string of the molecule is COCCCN1C(=O)/C(=C/c2cc(I)c(OCc3ccc4ccccc4c3)c(OC)c2)SC1=Nc1ccccc1. The van der Waals surface area contributed by atoms with Crippen LogP contribution in [0.15, 0.2) is 94.8 Å². The van der Waals surface area contributed by atoms with Gasteiger partial charge in [-0.2, -0.15) is 0 Å². The highest BCUT2D eigenvalue weighted by Gasteiger charge is 2.33. The zero-order valence-corrected chi connectivity index (χ0v) is 25.3. The number of nitrogens with zero attached hydrogens (tertiary/aromatic N) is 2. The molecule has 0 atom stereocenters. The normalized spacial score (nSPS) is 15.4. The van der Waals surface area contributed by atoms with Gasteiger partial charge < -0.3 is 14.2 Å². The molecule has 1 heterocycles. The minimum absolute atomic E-state index is 0.0682. The Balaban J connectivity index is 1.38. The fraction of sp³-hybridized carbons (Fsp3) is 0.188. The van der Waals surface area contributed by atoms with Crippen molar-refractivity contribution in [2.24, 2.45) is 4.99 Å². The molecule has 1 aliphatic rings. The lowest BCUT2D eigenvalue weighted by atomic mass is 10.1. The number of aliphatic imine (C=N–C) groups is 1. The fourth-order valence-corrected chi connectivity index (χ4v) is 6.17. The lowest BCUT2D eigenvalue weighted by molar-refractivity contribution is -0.122. The van der Waals surface area contributed by atoms with Crippen molar-refractivity contribution in [2.45, 2.75) is 13.0 Å². The minimum Gasteiger partial charge on any atom is -0.493 e. The Morgan fingerprint density at radius 1 is 0.950 bits per heavy atom. The number of ether oxygens (including phenoxy) is 3. The smallest absolute Gasteiger partial charge is 0.266 e. The number of hydrogen-bond acceptors (Lipinski definition) is 6. The molecule has 0 unspecified atom stereocenters. The van der Waals surface area contributed by atoms with Crippen LogP contribution in [0.1, 0.15) is 17.5 Å². The Labute approximate surface area is 252 Å². The predicted molar refractivity (Wildman–Crippen MR) is 171 cm³/mol. The summed E-state index contributed by atoms with van der Waals surface area (Å²) in [6.07, 6.45) is 2.61. The minimum atomic E-state index is -0.0682. The molecule has 0 spiro atoms. The van der Waals surface area contributed by atoms with Gasteiger partial charge in [-0.05, 0) is 99.1 Å². The molecule has 1 amide bonds. The second kappa shape index (κ2) is 13.3. The van der Waals surface area contributed by atoms with Gasteiger partial charge in [0.2, 0.25) is 0 Å². The van der Waals surface area contributed by atoms with Crippen molar-refractivity contribution < 1.29 is 19.0 Å². The van der Waals surface area contributed by atoms with Crippen molar-refractivity contribution >= 4 is 68.0 Å². The van der Waals surface area contributed by atoms with Crippen LogP contribution in [0.2, 0.25) is 0 Å². The van der Waals surface area contributed by atoms with Crippen molar-refractivity contribution in [2.75, 3.05) is 27.4 Å². The standard InChI is InChI=1S/C32H29IN2O4S/c1-37-16-8-15-35-31(36)29(40-32(35)34-26-11-4-3-5-12-26)20-23-18-27(33)30(28(19-23)38-2)39-21-22-13-14-24-9-6-7-10-25(24)17-22/h3-7,9-14,17-20H,8,15-16,21H2,1-2H3/b29-20-,34-32?. The lowest BCUT2D eigenvalue weighted by Gasteiger charge is -2.15. The zero-order valence-electron chi connectivity index (χ0n) is 22.3. The van der Waals surface area contributed by atoms with E-state index < -0.39 is 0 Å². The van der Waals surface area contributed by atoms with E-state index in [4.69, 9.17) is 19.2 Å². The van der Waals surface area contributed by atoms with E-state index in [1.807, 2.05) is 60.7 Å². The molecular formula is C32H29IN2O4S. The van der Waals surface area contributed by atoms with Crippen LogP contribution in [-0.2, 0) is 16.1 Å². The molecule has 0 aliphatic carbocycles. The third kappa shape index (κ3) is 6.68. The van der Waals surface area contributed by atoms with Crippen LogP contribution in [0.4, 0.5) is 5.69 Å². The summed E-state index contributed by atoms with van der Waals surface area (Å²) in [5.74, 6) is 1.22. The molecule has 0 N–H and O–H groups in total. The van der Waals surface area contributed by atoms with Crippen molar-refractivity contribution in [3.05, 3.63) is 105 Å². The van der Waals surface area contributed by atoms with Gasteiger partial charge in [0.25, 0.3) is 5.91 Å². The number of carbonyl (C=O) groups excluding carboxylic acids is 1. The van der Waals surface area contributed by atoms with Gasteiger partial charge in [0, 0.05) is 20.3 Å². The zero-order chi connectivity index (χ0) is 27.9. The van der Waals surface area contributed by atoms with Crippen molar-refractivity contribution in [3.8, 4) is 11.5 Å². The maximum absolute atomic E-state index is 13.4. The maximum atomic E-state index is 13.4. The molecule has 4 aromatic rings. The topological polar surface area (TPSA) is 60.4 Å². The summed E-state index contributed by atoms with van der Waals surface area (Å²) in [7, 11) is 3.29. The number of halogens is 1. The average Bonchev–Trinajstić information content (AvgIpc) is 3.25. The molecule has 1 saturated heterocycles. The van der Waals surface area contributed by atoms with Gasteiger partial charge in [0.1, 0.15) is 6.61 Å². The molecule has 4 aromatic carbocycles. The highest BCUT2D eigenvalue weighted by molar-refractivity contribution is 14.1. The summed E-state index contributed by atoms with van der Waals surface area (Å²) < 4.78 is 18.0. The molecule has 0 radical (unpaired) electrons. The molecule has 1 aliphatic heterocycles. The highest BCUT2D eigenvalue weighted by atomic mass is 127. The third-order valence-electron chi connectivity index (χ3n) is 6.35. The molecule has 40 heavy (non-hydrogen) atoms. The monoisotopic (exact) mass is 664 g/mol. The first-order valence-electron chi connectivity index (χ1n) is 12.9. The average molecular weight is 665 g/mol. The molecule has 5 rings (SSSR count). The second-order valence-corrected chi connectivity index (χ2v) is 11.3. The van der Waals surface area contributed by atoms with Crippen molar-refractivity contribution in [1.82, 2.24) is 4.90 Å². The highest BCUT2D eigenvalue weighted by Crippen LogP contribution is 2.38. The van der Waals surface area contributed by atoms with Crippen LogP contribution in [0.25, 0.3) is 16.8 Å². The number of amides is 1. The van der Waals surface area contributed by atoms with E-state index in [-0.39, 0.29) is 5.91 Å². The van der Waals surface area contributed by atoms with E-state index in [0.29, 0.717) is 41.3 Å². The Hall–Kier alpha value is -3.34. The quantitative estimate of drug-likeness (QED) is 0.0990. The van der Waals surface area contributed by atoms with Crippen molar-refractivity contribution in [3.63, 3.8) is 0 Å². The van der Waals surface area contributed by atoms with Crippen LogP contribution >= 0.6 is 34.4 Å². The van der Waals surface area contributed by atoms with Gasteiger partial charge in [-0.1, -0.05) is 54.6 Å². The number of rotatable bonds is 10. The van der Waals surface area contributed by atoms with Crippen LogP contribution in [0.3, 0.4) is 0 Å². The van der Waals surface area contributed by atoms with Crippen LogP contribution in [0, 0.1) is 3.57 Å². The molecule has 8 heteroatoms.